The van der Waals surface area contributed by atoms with Gasteiger partial charge >= 0.3 is 0 Å². The maximum atomic E-state index is 5.44. The Morgan fingerprint density at radius 1 is 1.21 bits per heavy atom. The standard InChI is InChI=1S/C18H28N4O.HI/c1-19-18(20-13-17-7-12-23-15-17)22-10-8-21(9-11-22)14-16-5-3-2-4-6-16;/h2-6,17H,7-15H2,1H3,(H,19,20);1H. The van der Waals surface area contributed by atoms with Crippen LogP contribution in [0.25, 0.3) is 0 Å². The third-order valence-electron chi connectivity index (χ3n) is 4.71. The molecule has 1 aromatic rings. The zero-order valence-electron chi connectivity index (χ0n) is 14.5. The lowest BCUT2D eigenvalue weighted by molar-refractivity contribution is 0.171. The van der Waals surface area contributed by atoms with Crippen molar-refractivity contribution in [3.8, 4) is 0 Å². The highest BCUT2D eigenvalue weighted by atomic mass is 127. The summed E-state index contributed by atoms with van der Waals surface area (Å²) in [6, 6.07) is 10.7. The van der Waals surface area contributed by atoms with Gasteiger partial charge in [0.1, 0.15) is 0 Å². The van der Waals surface area contributed by atoms with Crippen molar-refractivity contribution in [3.63, 3.8) is 0 Å². The molecule has 1 atom stereocenters. The van der Waals surface area contributed by atoms with E-state index in [2.05, 4.69) is 50.4 Å². The number of hydrogen-bond acceptors (Lipinski definition) is 3. The van der Waals surface area contributed by atoms with Gasteiger partial charge in [-0.1, -0.05) is 30.3 Å². The highest BCUT2D eigenvalue weighted by molar-refractivity contribution is 14.0. The average molecular weight is 444 g/mol. The van der Waals surface area contributed by atoms with Crippen molar-refractivity contribution in [1.29, 1.82) is 0 Å². The van der Waals surface area contributed by atoms with Crippen LogP contribution in [0.4, 0.5) is 0 Å². The van der Waals surface area contributed by atoms with Crippen LogP contribution in [-0.2, 0) is 11.3 Å². The van der Waals surface area contributed by atoms with Crippen molar-refractivity contribution in [2.45, 2.75) is 13.0 Å². The SMILES string of the molecule is CN=C(NCC1CCOC1)N1CCN(Cc2ccccc2)CC1.I. The molecule has 0 aliphatic carbocycles. The Morgan fingerprint density at radius 3 is 2.58 bits per heavy atom. The quantitative estimate of drug-likeness (QED) is 0.439. The maximum absolute atomic E-state index is 5.44. The summed E-state index contributed by atoms with van der Waals surface area (Å²) in [4.78, 5) is 9.34. The molecule has 2 saturated heterocycles. The minimum absolute atomic E-state index is 0. The summed E-state index contributed by atoms with van der Waals surface area (Å²) in [6.07, 6.45) is 1.16. The summed E-state index contributed by atoms with van der Waals surface area (Å²) >= 11 is 0. The lowest BCUT2D eigenvalue weighted by Gasteiger charge is -2.36. The molecule has 24 heavy (non-hydrogen) atoms. The molecule has 3 rings (SSSR count). The third-order valence-corrected chi connectivity index (χ3v) is 4.71. The summed E-state index contributed by atoms with van der Waals surface area (Å²) in [6.45, 7) is 8.04. The maximum Gasteiger partial charge on any atom is 0.193 e. The van der Waals surface area contributed by atoms with Crippen LogP contribution in [-0.4, -0.2) is 68.7 Å². The molecule has 134 valence electrons. The predicted molar refractivity (Wildman–Crippen MR) is 109 cm³/mol. The van der Waals surface area contributed by atoms with E-state index >= 15 is 0 Å². The molecule has 2 aliphatic heterocycles. The zero-order valence-corrected chi connectivity index (χ0v) is 16.8. The van der Waals surface area contributed by atoms with Crippen LogP contribution in [0.5, 0.6) is 0 Å². The molecule has 5 nitrogen and oxygen atoms in total. The Balaban J connectivity index is 0.00000208. The van der Waals surface area contributed by atoms with E-state index in [0.29, 0.717) is 5.92 Å². The number of hydrogen-bond donors (Lipinski definition) is 1. The lowest BCUT2D eigenvalue weighted by atomic mass is 10.1. The molecule has 0 bridgehead atoms. The Labute approximate surface area is 162 Å². The lowest BCUT2D eigenvalue weighted by Crippen LogP contribution is -2.52. The van der Waals surface area contributed by atoms with Gasteiger partial charge in [-0.2, -0.15) is 0 Å². The second kappa shape index (κ2) is 10.2. The highest BCUT2D eigenvalue weighted by Gasteiger charge is 2.21. The zero-order chi connectivity index (χ0) is 15.9. The second-order valence-electron chi connectivity index (χ2n) is 6.41. The second-order valence-corrected chi connectivity index (χ2v) is 6.41. The van der Waals surface area contributed by atoms with E-state index in [1.54, 1.807) is 0 Å². The summed E-state index contributed by atoms with van der Waals surface area (Å²) in [5.74, 6) is 1.67. The van der Waals surface area contributed by atoms with Gasteiger partial charge in [0.15, 0.2) is 5.96 Å². The van der Waals surface area contributed by atoms with E-state index in [1.807, 2.05) is 7.05 Å². The van der Waals surface area contributed by atoms with E-state index in [4.69, 9.17) is 4.74 Å². The van der Waals surface area contributed by atoms with Crippen LogP contribution < -0.4 is 5.32 Å². The Hall–Kier alpha value is -0.860. The van der Waals surface area contributed by atoms with Crippen LogP contribution >= 0.6 is 24.0 Å². The fourth-order valence-electron chi connectivity index (χ4n) is 3.27. The number of piperazine rings is 1. The average Bonchev–Trinajstić information content (AvgIpc) is 3.11. The molecule has 0 aromatic heterocycles. The number of benzene rings is 1. The van der Waals surface area contributed by atoms with Crippen molar-refractivity contribution in [1.82, 2.24) is 15.1 Å². The van der Waals surface area contributed by atoms with E-state index in [-0.39, 0.29) is 24.0 Å². The molecule has 0 saturated carbocycles. The van der Waals surface area contributed by atoms with Gasteiger partial charge in [-0.3, -0.25) is 9.89 Å². The van der Waals surface area contributed by atoms with E-state index in [0.717, 1.165) is 64.9 Å². The molecule has 2 heterocycles. The highest BCUT2D eigenvalue weighted by Crippen LogP contribution is 2.12. The number of guanidine groups is 1. The van der Waals surface area contributed by atoms with Crippen molar-refractivity contribution < 1.29 is 4.74 Å². The first kappa shape index (κ1) is 19.5. The summed E-state index contributed by atoms with van der Waals surface area (Å²) in [5, 5.41) is 3.52. The van der Waals surface area contributed by atoms with Gasteiger partial charge in [0, 0.05) is 58.8 Å². The normalized spacial score (nSPS) is 22.3. The molecule has 6 heteroatoms. The Kier molecular flexibility index (Phi) is 8.28. The number of nitrogens with zero attached hydrogens (tertiary/aromatic N) is 3. The van der Waals surface area contributed by atoms with Crippen LogP contribution in [0.2, 0.25) is 0 Å². The van der Waals surface area contributed by atoms with E-state index < -0.39 is 0 Å². The first-order chi connectivity index (χ1) is 11.3. The number of rotatable bonds is 4. The predicted octanol–water partition coefficient (Wildman–Crippen LogP) is 2.03. The molecule has 0 amide bonds. The number of ether oxygens (including phenoxy) is 1. The minimum atomic E-state index is 0. The van der Waals surface area contributed by atoms with Gasteiger partial charge in [-0.15, -0.1) is 24.0 Å². The topological polar surface area (TPSA) is 40.1 Å². The van der Waals surface area contributed by atoms with Crippen LogP contribution in [0.1, 0.15) is 12.0 Å². The Bertz CT molecular complexity index is 497. The van der Waals surface area contributed by atoms with E-state index in [1.165, 1.54) is 5.56 Å². The molecule has 0 spiro atoms. The monoisotopic (exact) mass is 444 g/mol. The van der Waals surface area contributed by atoms with Gasteiger partial charge in [0.2, 0.25) is 0 Å². The summed E-state index contributed by atoms with van der Waals surface area (Å²) in [5.41, 5.74) is 1.39. The van der Waals surface area contributed by atoms with Crippen LogP contribution in [0.3, 0.4) is 0 Å². The first-order valence-electron chi connectivity index (χ1n) is 8.65. The van der Waals surface area contributed by atoms with Crippen LogP contribution in [0, 0.1) is 5.92 Å². The molecular weight excluding hydrogens is 415 g/mol. The van der Waals surface area contributed by atoms with Crippen molar-refractivity contribution in [2.24, 2.45) is 10.9 Å². The third kappa shape index (κ3) is 5.60. The van der Waals surface area contributed by atoms with Gasteiger partial charge in [-0.05, 0) is 12.0 Å². The summed E-state index contributed by atoms with van der Waals surface area (Å²) in [7, 11) is 1.88. The van der Waals surface area contributed by atoms with Crippen molar-refractivity contribution >= 4 is 29.9 Å². The molecule has 1 N–H and O–H groups in total. The summed E-state index contributed by atoms with van der Waals surface area (Å²) < 4.78 is 5.44. The minimum Gasteiger partial charge on any atom is -0.381 e. The van der Waals surface area contributed by atoms with Gasteiger partial charge in [-0.25, -0.2) is 0 Å². The smallest absolute Gasteiger partial charge is 0.193 e. The van der Waals surface area contributed by atoms with Gasteiger partial charge < -0.3 is 15.0 Å². The molecule has 2 aliphatic rings. The van der Waals surface area contributed by atoms with Gasteiger partial charge in [0.25, 0.3) is 0 Å². The number of nitrogens with one attached hydrogen (secondary N) is 1. The molecular formula is C18H29IN4O. The fraction of sp³-hybridized carbons (Fsp3) is 0.611. The fourth-order valence-corrected chi connectivity index (χ4v) is 3.27. The van der Waals surface area contributed by atoms with Crippen molar-refractivity contribution in [2.75, 3.05) is 53.0 Å². The molecule has 1 unspecified atom stereocenters. The largest absolute Gasteiger partial charge is 0.381 e. The number of halogens is 1. The van der Waals surface area contributed by atoms with Crippen LogP contribution in [0.15, 0.2) is 35.3 Å². The van der Waals surface area contributed by atoms with E-state index in [9.17, 15) is 0 Å². The molecule has 1 aromatic carbocycles. The molecule has 0 radical (unpaired) electrons. The van der Waals surface area contributed by atoms with Crippen molar-refractivity contribution in [3.05, 3.63) is 35.9 Å². The van der Waals surface area contributed by atoms with Gasteiger partial charge in [0.05, 0.1) is 6.61 Å². The Morgan fingerprint density at radius 2 is 1.96 bits per heavy atom. The molecule has 2 fully saturated rings. The number of aliphatic imine (C=N–C) groups is 1. The first-order valence-corrected chi connectivity index (χ1v) is 8.65.